The fourth-order valence-electron chi connectivity index (χ4n) is 1.88. The molecule has 0 saturated carbocycles. The van der Waals surface area contributed by atoms with Gasteiger partial charge in [0.1, 0.15) is 5.82 Å². The van der Waals surface area contributed by atoms with Crippen LogP contribution in [0.15, 0.2) is 18.3 Å². The summed E-state index contributed by atoms with van der Waals surface area (Å²) in [6.07, 6.45) is 1.93. The molecule has 2 rings (SSSR count). The summed E-state index contributed by atoms with van der Waals surface area (Å²) >= 11 is 0. The molecule has 0 aromatic carbocycles. The summed E-state index contributed by atoms with van der Waals surface area (Å²) in [4.78, 5) is 15.4. The van der Waals surface area contributed by atoms with Gasteiger partial charge in [0, 0.05) is 11.6 Å². The second-order valence-corrected chi connectivity index (χ2v) is 5.30. The standard InChI is InChI=1S/C13H16N2O2/c1-8-5-6-9-10(11(16)17)14-12(13(2,3)4)15(9)7-8/h5-7H,1-4H3,(H,16,17). The van der Waals surface area contributed by atoms with E-state index in [9.17, 15) is 4.79 Å². The van der Waals surface area contributed by atoms with Gasteiger partial charge in [-0.25, -0.2) is 9.78 Å². The van der Waals surface area contributed by atoms with Gasteiger partial charge in [-0.2, -0.15) is 0 Å². The number of carbonyl (C=O) groups is 1. The van der Waals surface area contributed by atoms with Crippen LogP contribution in [0.1, 0.15) is 42.6 Å². The van der Waals surface area contributed by atoms with Crippen LogP contribution >= 0.6 is 0 Å². The van der Waals surface area contributed by atoms with E-state index in [1.165, 1.54) is 0 Å². The number of aromatic carboxylic acids is 1. The van der Waals surface area contributed by atoms with Crippen molar-refractivity contribution >= 4 is 11.5 Å². The smallest absolute Gasteiger partial charge is 0.356 e. The summed E-state index contributed by atoms with van der Waals surface area (Å²) in [6, 6.07) is 3.71. The highest BCUT2D eigenvalue weighted by Crippen LogP contribution is 2.25. The van der Waals surface area contributed by atoms with Gasteiger partial charge >= 0.3 is 5.97 Å². The number of rotatable bonds is 1. The average Bonchev–Trinajstić information content (AvgIpc) is 2.55. The first-order chi connectivity index (χ1) is 7.80. The Balaban J connectivity index is 2.85. The van der Waals surface area contributed by atoms with Crippen molar-refractivity contribution < 1.29 is 9.90 Å². The molecule has 4 nitrogen and oxygen atoms in total. The summed E-state index contributed by atoms with van der Waals surface area (Å²) in [6.45, 7) is 8.05. The number of imidazole rings is 1. The number of hydrogen-bond acceptors (Lipinski definition) is 2. The van der Waals surface area contributed by atoms with Crippen molar-refractivity contribution in [2.75, 3.05) is 0 Å². The molecular formula is C13H16N2O2. The lowest BCUT2D eigenvalue weighted by Gasteiger charge is -2.16. The molecule has 0 aliphatic heterocycles. The van der Waals surface area contributed by atoms with E-state index in [1.807, 2.05) is 44.4 Å². The Morgan fingerprint density at radius 3 is 2.53 bits per heavy atom. The van der Waals surface area contributed by atoms with E-state index in [-0.39, 0.29) is 11.1 Å². The molecule has 0 amide bonds. The minimum absolute atomic E-state index is 0.120. The molecule has 0 atom stereocenters. The van der Waals surface area contributed by atoms with Gasteiger partial charge in [-0.15, -0.1) is 0 Å². The molecule has 2 aromatic rings. The molecular weight excluding hydrogens is 216 g/mol. The van der Waals surface area contributed by atoms with Gasteiger partial charge in [0.2, 0.25) is 0 Å². The SMILES string of the molecule is Cc1ccc2c(C(=O)O)nc(C(C)(C)C)n2c1. The third kappa shape index (κ3) is 1.90. The first-order valence-corrected chi connectivity index (χ1v) is 5.53. The van der Waals surface area contributed by atoms with Crippen LogP contribution in [0, 0.1) is 6.92 Å². The lowest BCUT2D eigenvalue weighted by Crippen LogP contribution is -2.16. The van der Waals surface area contributed by atoms with Gasteiger partial charge in [0.15, 0.2) is 5.69 Å². The van der Waals surface area contributed by atoms with Gasteiger partial charge < -0.3 is 9.51 Å². The molecule has 2 heterocycles. The number of carboxylic acid groups (broad SMARTS) is 1. The van der Waals surface area contributed by atoms with E-state index in [2.05, 4.69) is 4.98 Å². The van der Waals surface area contributed by atoms with Gasteiger partial charge in [-0.3, -0.25) is 0 Å². The Morgan fingerprint density at radius 1 is 1.35 bits per heavy atom. The highest BCUT2D eigenvalue weighted by Gasteiger charge is 2.24. The van der Waals surface area contributed by atoms with E-state index >= 15 is 0 Å². The van der Waals surface area contributed by atoms with Crippen LogP contribution in [-0.4, -0.2) is 20.5 Å². The number of carboxylic acids is 1. The third-order valence-electron chi connectivity index (χ3n) is 2.66. The zero-order valence-electron chi connectivity index (χ0n) is 10.5. The van der Waals surface area contributed by atoms with E-state index in [4.69, 9.17) is 5.11 Å². The maximum Gasteiger partial charge on any atom is 0.356 e. The van der Waals surface area contributed by atoms with Gasteiger partial charge in [-0.1, -0.05) is 26.8 Å². The molecule has 0 spiro atoms. The molecule has 1 N–H and O–H groups in total. The molecule has 0 saturated heterocycles. The topological polar surface area (TPSA) is 54.6 Å². The number of fused-ring (bicyclic) bond motifs is 1. The van der Waals surface area contributed by atoms with E-state index in [0.29, 0.717) is 5.52 Å². The number of aryl methyl sites for hydroxylation is 1. The summed E-state index contributed by atoms with van der Waals surface area (Å²) in [5.74, 6) is -0.213. The molecule has 2 aromatic heterocycles. The summed E-state index contributed by atoms with van der Waals surface area (Å²) in [7, 11) is 0. The largest absolute Gasteiger partial charge is 0.476 e. The van der Waals surface area contributed by atoms with Crippen molar-refractivity contribution in [2.45, 2.75) is 33.1 Å². The number of nitrogens with zero attached hydrogens (tertiary/aromatic N) is 2. The Labute approximate surface area is 99.9 Å². The molecule has 0 unspecified atom stereocenters. The van der Waals surface area contributed by atoms with Crippen LogP contribution in [0.25, 0.3) is 5.52 Å². The molecule has 90 valence electrons. The van der Waals surface area contributed by atoms with Crippen LogP contribution in [0.5, 0.6) is 0 Å². The second-order valence-electron chi connectivity index (χ2n) is 5.30. The van der Waals surface area contributed by atoms with E-state index in [1.54, 1.807) is 6.07 Å². The van der Waals surface area contributed by atoms with Gasteiger partial charge in [-0.05, 0) is 18.6 Å². The van der Waals surface area contributed by atoms with Gasteiger partial charge in [0.05, 0.1) is 5.52 Å². The van der Waals surface area contributed by atoms with Crippen molar-refractivity contribution in [3.63, 3.8) is 0 Å². The highest BCUT2D eigenvalue weighted by atomic mass is 16.4. The van der Waals surface area contributed by atoms with Crippen molar-refractivity contribution in [3.8, 4) is 0 Å². The zero-order chi connectivity index (χ0) is 12.8. The minimum Gasteiger partial charge on any atom is -0.476 e. The number of hydrogen-bond donors (Lipinski definition) is 1. The van der Waals surface area contributed by atoms with E-state index < -0.39 is 5.97 Å². The maximum absolute atomic E-state index is 11.2. The average molecular weight is 232 g/mol. The van der Waals surface area contributed by atoms with Crippen LogP contribution < -0.4 is 0 Å². The normalized spacial score (nSPS) is 12.0. The van der Waals surface area contributed by atoms with Crippen molar-refractivity contribution in [2.24, 2.45) is 0 Å². The number of pyridine rings is 1. The Hall–Kier alpha value is -1.84. The molecule has 0 radical (unpaired) electrons. The lowest BCUT2D eigenvalue weighted by atomic mass is 9.96. The van der Waals surface area contributed by atoms with E-state index in [0.717, 1.165) is 11.4 Å². The van der Waals surface area contributed by atoms with Gasteiger partial charge in [0.25, 0.3) is 0 Å². The maximum atomic E-state index is 11.2. The van der Waals surface area contributed by atoms with Crippen molar-refractivity contribution in [3.05, 3.63) is 35.4 Å². The monoisotopic (exact) mass is 232 g/mol. The van der Waals surface area contributed by atoms with Crippen molar-refractivity contribution in [1.29, 1.82) is 0 Å². The second kappa shape index (κ2) is 3.58. The first kappa shape index (κ1) is 11.6. The summed E-state index contributed by atoms with van der Waals surface area (Å²) in [5.41, 5.74) is 1.66. The first-order valence-electron chi connectivity index (χ1n) is 5.53. The van der Waals surface area contributed by atoms with Crippen LogP contribution in [0.2, 0.25) is 0 Å². The van der Waals surface area contributed by atoms with Crippen LogP contribution in [-0.2, 0) is 5.41 Å². The zero-order valence-corrected chi connectivity index (χ0v) is 10.5. The minimum atomic E-state index is -0.984. The predicted octanol–water partition coefficient (Wildman–Crippen LogP) is 2.64. The Kier molecular flexibility index (Phi) is 2.45. The number of aromatic nitrogens is 2. The summed E-state index contributed by atoms with van der Waals surface area (Å²) in [5, 5.41) is 9.16. The molecule has 0 fully saturated rings. The van der Waals surface area contributed by atoms with Crippen LogP contribution in [0.4, 0.5) is 0 Å². The molecule has 4 heteroatoms. The highest BCUT2D eigenvalue weighted by molar-refractivity contribution is 5.93. The quantitative estimate of drug-likeness (QED) is 0.822. The third-order valence-corrected chi connectivity index (χ3v) is 2.66. The summed E-state index contributed by atoms with van der Waals surface area (Å²) < 4.78 is 1.87. The molecule has 0 aliphatic rings. The fraction of sp³-hybridized carbons (Fsp3) is 0.385. The molecule has 0 bridgehead atoms. The lowest BCUT2D eigenvalue weighted by molar-refractivity contribution is 0.0693. The molecule has 0 aliphatic carbocycles. The fourth-order valence-corrected chi connectivity index (χ4v) is 1.88. The predicted molar refractivity (Wildman–Crippen MR) is 65.6 cm³/mol. The van der Waals surface area contributed by atoms with Crippen molar-refractivity contribution in [1.82, 2.24) is 9.38 Å². The van der Waals surface area contributed by atoms with Crippen LogP contribution in [0.3, 0.4) is 0 Å². The Bertz CT molecular complexity index is 591. The molecule has 17 heavy (non-hydrogen) atoms. The Morgan fingerprint density at radius 2 is 2.00 bits per heavy atom.